The van der Waals surface area contributed by atoms with Gasteiger partial charge in [0.15, 0.2) is 5.96 Å². The fourth-order valence-corrected chi connectivity index (χ4v) is 2.69. The quantitative estimate of drug-likeness (QED) is 0.480. The van der Waals surface area contributed by atoms with Crippen LogP contribution in [0, 0.1) is 19.8 Å². The Morgan fingerprint density at radius 3 is 2.80 bits per heavy atom. The SMILES string of the molecule is Cc1ccc(CN=C(N)N2CCCC(C)C2)c(C)c1.I. The van der Waals surface area contributed by atoms with Crippen molar-refractivity contribution in [3.63, 3.8) is 0 Å². The number of guanidine groups is 1. The lowest BCUT2D eigenvalue weighted by Crippen LogP contribution is -2.43. The molecule has 4 heteroatoms. The van der Waals surface area contributed by atoms with Gasteiger partial charge in [-0.25, -0.2) is 4.99 Å². The van der Waals surface area contributed by atoms with Gasteiger partial charge in [-0.3, -0.25) is 0 Å². The van der Waals surface area contributed by atoms with Crippen molar-refractivity contribution in [2.75, 3.05) is 13.1 Å². The first-order chi connectivity index (χ1) is 9.06. The van der Waals surface area contributed by atoms with E-state index < -0.39 is 0 Å². The van der Waals surface area contributed by atoms with Gasteiger partial charge in [-0.1, -0.05) is 30.7 Å². The molecule has 0 aliphatic carbocycles. The number of benzene rings is 1. The molecule has 0 amide bonds. The summed E-state index contributed by atoms with van der Waals surface area (Å²) in [6.07, 6.45) is 2.53. The number of hydrogen-bond acceptors (Lipinski definition) is 1. The number of nitrogens with zero attached hydrogens (tertiary/aromatic N) is 2. The van der Waals surface area contributed by atoms with Crippen LogP contribution in [0.25, 0.3) is 0 Å². The summed E-state index contributed by atoms with van der Waals surface area (Å²) >= 11 is 0. The number of aryl methyl sites for hydroxylation is 2. The van der Waals surface area contributed by atoms with Crippen molar-refractivity contribution in [3.05, 3.63) is 34.9 Å². The molecule has 1 unspecified atom stereocenters. The molecule has 0 saturated carbocycles. The number of hydrogen-bond donors (Lipinski definition) is 1. The number of rotatable bonds is 2. The predicted octanol–water partition coefficient (Wildman–Crippen LogP) is 3.47. The molecule has 3 nitrogen and oxygen atoms in total. The van der Waals surface area contributed by atoms with E-state index in [9.17, 15) is 0 Å². The van der Waals surface area contributed by atoms with E-state index in [4.69, 9.17) is 5.73 Å². The summed E-state index contributed by atoms with van der Waals surface area (Å²) in [5, 5.41) is 0. The monoisotopic (exact) mass is 387 g/mol. The van der Waals surface area contributed by atoms with Gasteiger partial charge in [0.2, 0.25) is 0 Å². The number of nitrogens with two attached hydrogens (primary N) is 1. The summed E-state index contributed by atoms with van der Waals surface area (Å²) in [7, 11) is 0. The van der Waals surface area contributed by atoms with Gasteiger partial charge in [0.1, 0.15) is 0 Å². The maximum Gasteiger partial charge on any atom is 0.191 e. The van der Waals surface area contributed by atoms with E-state index in [1.165, 1.54) is 29.5 Å². The highest BCUT2D eigenvalue weighted by atomic mass is 127. The van der Waals surface area contributed by atoms with Gasteiger partial charge >= 0.3 is 0 Å². The van der Waals surface area contributed by atoms with E-state index in [-0.39, 0.29) is 24.0 Å². The van der Waals surface area contributed by atoms with Crippen molar-refractivity contribution in [1.82, 2.24) is 4.90 Å². The Kier molecular flexibility index (Phi) is 6.79. The summed E-state index contributed by atoms with van der Waals surface area (Å²) in [6, 6.07) is 6.49. The van der Waals surface area contributed by atoms with Gasteiger partial charge in [0.25, 0.3) is 0 Å². The summed E-state index contributed by atoms with van der Waals surface area (Å²) in [5.74, 6) is 1.43. The van der Waals surface area contributed by atoms with E-state index >= 15 is 0 Å². The van der Waals surface area contributed by atoms with Gasteiger partial charge in [-0.15, -0.1) is 24.0 Å². The number of aliphatic imine (C=N–C) groups is 1. The molecule has 1 aliphatic heterocycles. The smallest absolute Gasteiger partial charge is 0.191 e. The Morgan fingerprint density at radius 1 is 1.40 bits per heavy atom. The average Bonchev–Trinajstić information content (AvgIpc) is 2.37. The van der Waals surface area contributed by atoms with Crippen LogP contribution in [0.1, 0.15) is 36.5 Å². The van der Waals surface area contributed by atoms with Crippen LogP contribution >= 0.6 is 24.0 Å². The molecule has 0 radical (unpaired) electrons. The Hall–Kier alpha value is -0.780. The van der Waals surface area contributed by atoms with Gasteiger partial charge < -0.3 is 10.6 Å². The van der Waals surface area contributed by atoms with Crippen molar-refractivity contribution >= 4 is 29.9 Å². The Morgan fingerprint density at radius 2 is 2.15 bits per heavy atom. The second-order valence-corrected chi connectivity index (χ2v) is 5.80. The zero-order valence-electron chi connectivity index (χ0n) is 12.7. The third-order valence-electron chi connectivity index (χ3n) is 3.89. The summed E-state index contributed by atoms with van der Waals surface area (Å²) in [4.78, 5) is 6.78. The van der Waals surface area contributed by atoms with Crippen molar-refractivity contribution in [2.45, 2.75) is 40.2 Å². The lowest BCUT2D eigenvalue weighted by molar-refractivity contribution is 0.270. The van der Waals surface area contributed by atoms with Crippen molar-refractivity contribution in [2.24, 2.45) is 16.6 Å². The van der Waals surface area contributed by atoms with Gasteiger partial charge in [0, 0.05) is 13.1 Å². The Balaban J connectivity index is 0.00000200. The number of halogens is 1. The molecule has 1 saturated heterocycles. The molecule has 2 rings (SSSR count). The first kappa shape index (κ1) is 17.3. The maximum atomic E-state index is 6.11. The highest BCUT2D eigenvalue weighted by molar-refractivity contribution is 14.0. The zero-order valence-corrected chi connectivity index (χ0v) is 15.1. The molecule has 0 aromatic heterocycles. The topological polar surface area (TPSA) is 41.6 Å². The molecule has 1 heterocycles. The molecule has 2 N–H and O–H groups in total. The molecular formula is C16H26IN3. The van der Waals surface area contributed by atoms with Crippen molar-refractivity contribution in [1.29, 1.82) is 0 Å². The van der Waals surface area contributed by atoms with Gasteiger partial charge in [-0.05, 0) is 43.7 Å². The van der Waals surface area contributed by atoms with Gasteiger partial charge in [0.05, 0.1) is 6.54 Å². The molecule has 0 spiro atoms. The largest absolute Gasteiger partial charge is 0.370 e. The van der Waals surface area contributed by atoms with E-state index in [1.807, 2.05) is 0 Å². The van der Waals surface area contributed by atoms with Crippen LogP contribution in [0.2, 0.25) is 0 Å². The standard InChI is InChI=1S/C16H25N3.HI/c1-12-6-7-15(14(3)9-12)10-18-16(17)19-8-4-5-13(2)11-19;/h6-7,9,13H,4-5,8,10-11H2,1-3H3,(H2,17,18);1H. The average molecular weight is 387 g/mol. The fraction of sp³-hybridized carbons (Fsp3) is 0.562. The highest BCUT2D eigenvalue weighted by Crippen LogP contribution is 2.16. The van der Waals surface area contributed by atoms with E-state index in [0.717, 1.165) is 19.0 Å². The fourth-order valence-electron chi connectivity index (χ4n) is 2.69. The molecule has 1 aromatic carbocycles. The third kappa shape index (κ3) is 4.65. The lowest BCUT2D eigenvalue weighted by Gasteiger charge is -2.31. The first-order valence-corrected chi connectivity index (χ1v) is 7.17. The summed E-state index contributed by atoms with van der Waals surface area (Å²) < 4.78 is 0. The summed E-state index contributed by atoms with van der Waals surface area (Å²) in [5.41, 5.74) is 9.97. The lowest BCUT2D eigenvalue weighted by atomic mass is 10.0. The van der Waals surface area contributed by atoms with Crippen molar-refractivity contribution < 1.29 is 0 Å². The maximum absolute atomic E-state index is 6.11. The molecule has 1 atom stereocenters. The third-order valence-corrected chi connectivity index (χ3v) is 3.89. The Labute approximate surface area is 139 Å². The van der Waals surface area contributed by atoms with Crippen LogP contribution in [0.15, 0.2) is 23.2 Å². The van der Waals surface area contributed by atoms with Crippen LogP contribution in [-0.2, 0) is 6.54 Å². The van der Waals surface area contributed by atoms with E-state index in [2.05, 4.69) is 48.9 Å². The predicted molar refractivity (Wildman–Crippen MR) is 96.6 cm³/mol. The molecule has 112 valence electrons. The minimum absolute atomic E-state index is 0. The first-order valence-electron chi connectivity index (χ1n) is 7.17. The molecule has 20 heavy (non-hydrogen) atoms. The van der Waals surface area contributed by atoms with Crippen molar-refractivity contribution in [3.8, 4) is 0 Å². The van der Waals surface area contributed by atoms with Crippen LogP contribution in [0.3, 0.4) is 0 Å². The zero-order chi connectivity index (χ0) is 13.8. The van der Waals surface area contributed by atoms with Crippen LogP contribution < -0.4 is 5.73 Å². The molecule has 1 fully saturated rings. The second kappa shape index (κ2) is 7.86. The minimum atomic E-state index is 0. The molecule has 1 aromatic rings. The Bertz CT molecular complexity index is 471. The second-order valence-electron chi connectivity index (χ2n) is 5.80. The van der Waals surface area contributed by atoms with Crippen LogP contribution in [0.5, 0.6) is 0 Å². The number of likely N-dealkylation sites (tertiary alicyclic amines) is 1. The molecular weight excluding hydrogens is 361 g/mol. The highest BCUT2D eigenvalue weighted by Gasteiger charge is 2.17. The summed E-state index contributed by atoms with van der Waals surface area (Å²) in [6.45, 7) is 9.31. The molecule has 1 aliphatic rings. The van der Waals surface area contributed by atoms with E-state index in [1.54, 1.807) is 0 Å². The molecule has 0 bridgehead atoms. The number of piperidine rings is 1. The normalized spacial score (nSPS) is 19.6. The minimum Gasteiger partial charge on any atom is -0.370 e. The van der Waals surface area contributed by atoms with Crippen LogP contribution in [-0.4, -0.2) is 23.9 Å². The van der Waals surface area contributed by atoms with E-state index in [0.29, 0.717) is 12.5 Å². The van der Waals surface area contributed by atoms with Gasteiger partial charge in [-0.2, -0.15) is 0 Å². The van der Waals surface area contributed by atoms with Crippen LogP contribution in [0.4, 0.5) is 0 Å².